The van der Waals surface area contributed by atoms with Crippen LogP contribution in [0.4, 0.5) is 39.5 Å². The van der Waals surface area contributed by atoms with Gasteiger partial charge >= 0.3 is 137 Å². The molecule has 0 aromatic heterocycles. The van der Waals surface area contributed by atoms with E-state index in [9.17, 15) is 39.5 Å². The van der Waals surface area contributed by atoms with Crippen molar-refractivity contribution in [1.82, 2.24) is 0 Å². The van der Waals surface area contributed by atoms with E-state index in [2.05, 4.69) is 0 Å². The molecule has 0 rings (SSSR count). The van der Waals surface area contributed by atoms with Gasteiger partial charge in [-0.3, -0.25) is 0 Å². The van der Waals surface area contributed by atoms with Gasteiger partial charge in [-0.15, -0.1) is 0 Å². The maximum atomic E-state index is 10.8. The Labute approximate surface area is 163 Å². The predicted molar refractivity (Wildman–Crippen MR) is 57.5 cm³/mol. The number of hydrogen-bond donors (Lipinski definition) is 0. The molecule has 0 aromatic rings. The van der Waals surface area contributed by atoms with Gasteiger partial charge in [0.15, 0.2) is 0 Å². The van der Waals surface area contributed by atoms with E-state index in [1.807, 2.05) is 0 Å². The van der Waals surface area contributed by atoms with Crippen LogP contribution in [0, 0.1) is 0 Å². The first-order valence-corrected chi connectivity index (χ1v) is 9.45. The molecular formula is C6H6F9Mg3O4P. The minimum absolute atomic E-state index is 0.701. The van der Waals surface area contributed by atoms with Crippen molar-refractivity contribution in [2.45, 2.75) is 32.2 Å². The minimum Gasteiger partial charge on any atom is -0.822 e. The summed E-state index contributed by atoms with van der Waals surface area (Å²) in [6.07, 6.45) is -11.8. The first-order chi connectivity index (χ1) is 9.68. The smallest absolute Gasteiger partial charge is 0.159 e. The Hall–Kier alpha value is 1.78. The first-order valence-electron chi connectivity index (χ1n) is 4.99. The molecular weight excluding hydrogens is 411 g/mol. The largest absolute Gasteiger partial charge is 0.822 e. The van der Waals surface area contributed by atoms with Crippen LogP contribution in [0.5, 0.6) is 0 Å². The number of alkyl halides is 9. The Balaban J connectivity index is -0.000000105. The van der Waals surface area contributed by atoms with Crippen molar-refractivity contribution < 1.29 is 58.8 Å². The van der Waals surface area contributed by atoms with Crippen LogP contribution in [0.2, 0.25) is 13.7 Å². The van der Waals surface area contributed by atoms with Gasteiger partial charge in [0.1, 0.15) is 0 Å². The molecule has 0 spiro atoms. The zero-order valence-corrected chi connectivity index (χ0v) is 16.4. The van der Waals surface area contributed by atoms with Gasteiger partial charge in [0.25, 0.3) is 0 Å². The zero-order valence-electron chi connectivity index (χ0n) is 11.2. The molecule has 0 heterocycles. The molecule has 0 bridgehead atoms. The third-order valence-corrected chi connectivity index (χ3v) is 2.55. The molecule has 0 saturated heterocycles. The molecule has 0 saturated carbocycles. The van der Waals surface area contributed by atoms with Crippen molar-refractivity contribution >= 4 is 72.9 Å². The third-order valence-electron chi connectivity index (χ3n) is 0.850. The molecule has 0 aliphatic rings. The molecule has 17 heteroatoms. The van der Waals surface area contributed by atoms with Crippen molar-refractivity contribution in [2.75, 3.05) is 0 Å². The molecule has 0 amide bonds. The summed E-state index contributed by atoms with van der Waals surface area (Å²) in [5.74, 6) is 0. The van der Waals surface area contributed by atoms with Crippen LogP contribution < -0.4 is 14.7 Å². The molecule has 0 radical (unpaired) electrons. The standard InChI is InChI=1S/3C2H2F3.3Mg.H3O4P/c3*1-2(3,4)5;;;;1-5(2,3)4/h3*1H2;;;;(H3,1,2,3,4)/q;;;3*+1;/p-3. The molecule has 0 atom stereocenters. The summed E-state index contributed by atoms with van der Waals surface area (Å²) in [5, 5.41) is 0. The molecule has 0 N–H and O–H groups in total. The SMILES string of the molecule is FC(F)(F)[CH2][Mg+].FC(F)(F)[CH2][Mg+].FC(F)(F)[CH2][Mg+].O=P([O-])([O-])[O-]. The Morgan fingerprint density at radius 2 is 0.652 bits per heavy atom. The van der Waals surface area contributed by atoms with Crippen LogP contribution >= 0.6 is 7.82 Å². The summed E-state index contributed by atoms with van der Waals surface area (Å²) in [6.45, 7) is 0. The van der Waals surface area contributed by atoms with E-state index < -0.39 is 40.0 Å². The van der Waals surface area contributed by atoms with Crippen molar-refractivity contribution in [1.29, 1.82) is 0 Å². The molecule has 0 aliphatic heterocycles. The second-order valence-electron chi connectivity index (χ2n) is 3.04. The van der Waals surface area contributed by atoms with E-state index in [1.165, 1.54) is 0 Å². The van der Waals surface area contributed by atoms with E-state index in [-0.39, 0.29) is 0 Å². The van der Waals surface area contributed by atoms with Crippen molar-refractivity contribution in [3.8, 4) is 0 Å². The van der Waals surface area contributed by atoms with Gasteiger partial charge in [0.05, 0.1) is 0 Å². The van der Waals surface area contributed by atoms with Crippen LogP contribution in [0.25, 0.3) is 0 Å². The van der Waals surface area contributed by atoms with Gasteiger partial charge in [-0.05, 0) is 0 Å². The normalized spacial score (nSPS) is 12.1. The number of rotatable bonds is 0. The summed E-state index contributed by atoms with van der Waals surface area (Å²) < 4.78 is 104. The Kier molecular flexibility index (Phi) is 21.0. The summed E-state index contributed by atoms with van der Waals surface area (Å²) in [6, 6.07) is 0. The van der Waals surface area contributed by atoms with Crippen LogP contribution in [0.3, 0.4) is 0 Å². The fourth-order valence-electron chi connectivity index (χ4n) is 0. The van der Waals surface area contributed by atoms with Gasteiger partial charge < -0.3 is 19.2 Å². The maximum Gasteiger partial charge on any atom is -0.159 e. The summed E-state index contributed by atoms with van der Waals surface area (Å²) in [5.41, 5.74) is 0. The zero-order chi connectivity index (χ0) is 20.1. The number of halogens is 9. The average molecular weight is 417 g/mol. The Morgan fingerprint density at radius 1 is 0.609 bits per heavy atom. The Bertz CT molecular complexity index is 272. The van der Waals surface area contributed by atoms with Crippen LogP contribution in [-0.4, -0.2) is 83.7 Å². The topological polar surface area (TPSA) is 86.2 Å². The van der Waals surface area contributed by atoms with Gasteiger partial charge in [-0.2, -0.15) is 7.82 Å². The maximum absolute atomic E-state index is 10.8. The van der Waals surface area contributed by atoms with Gasteiger partial charge in [0.2, 0.25) is 0 Å². The van der Waals surface area contributed by atoms with E-state index >= 15 is 0 Å². The van der Waals surface area contributed by atoms with Crippen LogP contribution in [0.1, 0.15) is 0 Å². The first kappa shape index (κ1) is 32.5. The number of hydrogen-bond acceptors (Lipinski definition) is 4. The molecule has 0 fully saturated rings. The van der Waals surface area contributed by atoms with E-state index in [4.69, 9.17) is 19.2 Å². The van der Waals surface area contributed by atoms with Gasteiger partial charge in [-0.25, -0.2) is 0 Å². The average Bonchev–Trinajstić information content (AvgIpc) is 2.25. The number of phosphoric acid groups is 1. The Morgan fingerprint density at radius 3 is 0.652 bits per heavy atom. The summed E-state index contributed by atoms with van der Waals surface area (Å²) in [4.78, 5) is 25.6. The quantitative estimate of drug-likeness (QED) is 0.328. The van der Waals surface area contributed by atoms with Gasteiger partial charge in [-0.1, -0.05) is 0 Å². The van der Waals surface area contributed by atoms with Gasteiger partial charge in [0, 0.05) is 0 Å². The molecule has 4 nitrogen and oxygen atoms in total. The van der Waals surface area contributed by atoms with E-state index in [1.54, 1.807) is 0 Å². The second-order valence-corrected chi connectivity index (χ2v) is 5.44. The molecule has 0 unspecified atom stereocenters. The monoisotopic (exact) mass is 416 g/mol. The summed E-state index contributed by atoms with van der Waals surface area (Å²) in [7, 11) is -5.39. The van der Waals surface area contributed by atoms with Crippen LogP contribution in [-0.2, 0) is 4.57 Å². The van der Waals surface area contributed by atoms with E-state index in [0.717, 1.165) is 65.1 Å². The van der Waals surface area contributed by atoms with Crippen molar-refractivity contribution in [3.05, 3.63) is 0 Å². The van der Waals surface area contributed by atoms with Crippen LogP contribution in [0.15, 0.2) is 0 Å². The molecule has 0 aliphatic carbocycles. The third kappa shape index (κ3) is 97.1. The molecule has 23 heavy (non-hydrogen) atoms. The van der Waals surface area contributed by atoms with Crippen molar-refractivity contribution in [3.63, 3.8) is 0 Å². The molecule has 0 aromatic carbocycles. The fraction of sp³-hybridized carbons (Fsp3) is 1.00. The predicted octanol–water partition coefficient (Wildman–Crippen LogP) is 0.582. The molecule has 128 valence electrons. The summed E-state index contributed by atoms with van der Waals surface area (Å²) >= 11 is 2.73. The second kappa shape index (κ2) is 14.9. The minimum atomic E-state index is -5.39. The van der Waals surface area contributed by atoms with E-state index in [0.29, 0.717) is 0 Å². The van der Waals surface area contributed by atoms with Crippen molar-refractivity contribution in [2.24, 2.45) is 0 Å². The fourth-order valence-corrected chi connectivity index (χ4v) is 0.